The van der Waals surface area contributed by atoms with E-state index < -0.39 is 0 Å². The molecule has 0 aliphatic rings. The lowest BCUT2D eigenvalue weighted by Gasteiger charge is -2.08. The maximum atomic E-state index is 5.33. The summed E-state index contributed by atoms with van der Waals surface area (Å²) in [5.41, 5.74) is 3.48. The van der Waals surface area contributed by atoms with Crippen LogP contribution in [0.3, 0.4) is 0 Å². The fourth-order valence-corrected chi connectivity index (χ4v) is 2.92. The second-order valence-electron chi connectivity index (χ2n) is 5.70. The number of aromatic nitrogens is 5. The number of pyridine rings is 2. The number of nitrogens with one attached hydrogen (secondary N) is 1. The fourth-order valence-electron chi connectivity index (χ4n) is 2.92. The van der Waals surface area contributed by atoms with Crippen molar-refractivity contribution in [2.24, 2.45) is 0 Å². The molecule has 134 valence electrons. The molecule has 27 heavy (non-hydrogen) atoms. The van der Waals surface area contributed by atoms with Gasteiger partial charge in [0, 0.05) is 23.2 Å². The van der Waals surface area contributed by atoms with E-state index in [2.05, 4.69) is 25.4 Å². The van der Waals surface area contributed by atoms with Crippen molar-refractivity contribution in [2.45, 2.75) is 0 Å². The summed E-state index contributed by atoms with van der Waals surface area (Å²) in [6.45, 7) is 0. The SMILES string of the molecule is COc1ccnc2c1ccc1c(OC)ccnc12.c1ccc2n[nH]nc2c1. The summed E-state index contributed by atoms with van der Waals surface area (Å²) in [6, 6.07) is 15.3. The molecule has 1 N–H and O–H groups in total. The van der Waals surface area contributed by atoms with E-state index in [4.69, 9.17) is 9.47 Å². The van der Waals surface area contributed by atoms with Gasteiger partial charge in [-0.15, -0.1) is 0 Å². The molecule has 0 atom stereocenters. The first-order valence-electron chi connectivity index (χ1n) is 8.31. The Bertz CT molecular complexity index is 1130. The molecule has 5 aromatic rings. The average Bonchev–Trinajstić information content (AvgIpc) is 3.22. The molecule has 3 aromatic heterocycles. The van der Waals surface area contributed by atoms with Crippen LogP contribution in [-0.2, 0) is 0 Å². The number of H-pyrrole nitrogens is 1. The average molecular weight is 359 g/mol. The molecule has 0 spiro atoms. The van der Waals surface area contributed by atoms with Gasteiger partial charge in [0.15, 0.2) is 0 Å². The number of hydrogen-bond acceptors (Lipinski definition) is 6. The van der Waals surface area contributed by atoms with Crippen LogP contribution in [0.4, 0.5) is 0 Å². The molecular weight excluding hydrogens is 342 g/mol. The molecule has 0 unspecified atom stereocenters. The van der Waals surface area contributed by atoms with Crippen LogP contribution in [0, 0.1) is 0 Å². The van der Waals surface area contributed by atoms with Gasteiger partial charge in [0.1, 0.15) is 33.6 Å². The zero-order valence-electron chi connectivity index (χ0n) is 14.9. The number of ether oxygens (including phenoxy) is 2. The van der Waals surface area contributed by atoms with Crippen LogP contribution in [-0.4, -0.2) is 39.6 Å². The van der Waals surface area contributed by atoms with Gasteiger partial charge < -0.3 is 9.47 Å². The van der Waals surface area contributed by atoms with Crippen molar-refractivity contribution in [3.63, 3.8) is 0 Å². The maximum Gasteiger partial charge on any atom is 0.129 e. The molecule has 0 fully saturated rings. The second kappa shape index (κ2) is 7.25. The Hall–Kier alpha value is -3.74. The largest absolute Gasteiger partial charge is 0.496 e. The van der Waals surface area contributed by atoms with E-state index in [1.165, 1.54) is 0 Å². The third kappa shape index (κ3) is 3.10. The predicted molar refractivity (Wildman–Crippen MR) is 104 cm³/mol. The van der Waals surface area contributed by atoms with E-state index in [0.29, 0.717) is 0 Å². The van der Waals surface area contributed by atoms with Crippen LogP contribution >= 0.6 is 0 Å². The van der Waals surface area contributed by atoms with Crippen molar-refractivity contribution in [3.05, 3.63) is 60.9 Å². The zero-order valence-corrected chi connectivity index (χ0v) is 14.9. The molecule has 0 bridgehead atoms. The van der Waals surface area contributed by atoms with Crippen LogP contribution in [0.25, 0.3) is 32.8 Å². The number of para-hydroxylation sites is 2. The molecule has 0 saturated heterocycles. The standard InChI is InChI=1S/C14H12N2O2.C6H5N3/c1-17-11-5-7-15-13-9(11)3-4-10-12(18-2)6-8-16-14(10)13;1-2-4-6-5(3-1)7-9-8-6/h3-8H,1-2H3;1-4H,(H,7,8,9). The van der Waals surface area contributed by atoms with E-state index >= 15 is 0 Å². The van der Waals surface area contributed by atoms with E-state index in [0.717, 1.165) is 44.3 Å². The molecule has 3 heterocycles. The first-order chi connectivity index (χ1) is 13.3. The van der Waals surface area contributed by atoms with Crippen molar-refractivity contribution in [2.75, 3.05) is 14.2 Å². The van der Waals surface area contributed by atoms with E-state index in [1.807, 2.05) is 48.5 Å². The fraction of sp³-hybridized carbons (Fsp3) is 0.100. The lowest BCUT2D eigenvalue weighted by Crippen LogP contribution is -1.91. The zero-order chi connectivity index (χ0) is 18.6. The monoisotopic (exact) mass is 359 g/mol. The summed E-state index contributed by atoms with van der Waals surface area (Å²) in [5.74, 6) is 1.60. The van der Waals surface area contributed by atoms with Crippen molar-refractivity contribution in [1.82, 2.24) is 25.4 Å². The number of aromatic amines is 1. The summed E-state index contributed by atoms with van der Waals surface area (Å²) >= 11 is 0. The minimum absolute atomic E-state index is 0.798. The van der Waals surface area contributed by atoms with Gasteiger partial charge in [0.25, 0.3) is 0 Å². The topological polar surface area (TPSA) is 85.8 Å². The number of benzene rings is 2. The van der Waals surface area contributed by atoms with Gasteiger partial charge in [-0.2, -0.15) is 15.4 Å². The van der Waals surface area contributed by atoms with Crippen LogP contribution in [0.2, 0.25) is 0 Å². The first-order valence-corrected chi connectivity index (χ1v) is 8.31. The second-order valence-corrected chi connectivity index (χ2v) is 5.70. The molecule has 5 rings (SSSR count). The van der Waals surface area contributed by atoms with Crippen molar-refractivity contribution < 1.29 is 9.47 Å². The van der Waals surface area contributed by atoms with Crippen molar-refractivity contribution >= 4 is 32.8 Å². The first kappa shape index (κ1) is 16.7. The van der Waals surface area contributed by atoms with Crippen molar-refractivity contribution in [3.8, 4) is 11.5 Å². The van der Waals surface area contributed by atoms with Crippen LogP contribution < -0.4 is 9.47 Å². The Morgan fingerprint density at radius 1 is 0.667 bits per heavy atom. The van der Waals surface area contributed by atoms with Crippen molar-refractivity contribution in [1.29, 1.82) is 0 Å². The summed E-state index contributed by atoms with van der Waals surface area (Å²) in [4.78, 5) is 8.79. The minimum Gasteiger partial charge on any atom is -0.496 e. The van der Waals surface area contributed by atoms with Gasteiger partial charge in [-0.1, -0.05) is 12.1 Å². The third-order valence-corrected chi connectivity index (χ3v) is 4.20. The number of methoxy groups -OCH3 is 2. The van der Waals surface area contributed by atoms with Gasteiger partial charge in [0.2, 0.25) is 0 Å². The van der Waals surface area contributed by atoms with Gasteiger partial charge in [0.05, 0.1) is 14.2 Å². The number of nitrogens with zero attached hydrogens (tertiary/aromatic N) is 4. The summed E-state index contributed by atoms with van der Waals surface area (Å²) in [5, 5.41) is 12.2. The summed E-state index contributed by atoms with van der Waals surface area (Å²) < 4.78 is 10.7. The summed E-state index contributed by atoms with van der Waals surface area (Å²) in [7, 11) is 3.30. The Kier molecular flexibility index (Phi) is 4.49. The highest BCUT2D eigenvalue weighted by Crippen LogP contribution is 2.32. The number of rotatable bonds is 2. The molecule has 0 aliphatic carbocycles. The predicted octanol–water partition coefficient (Wildman–Crippen LogP) is 3.76. The Morgan fingerprint density at radius 2 is 1.15 bits per heavy atom. The maximum absolute atomic E-state index is 5.33. The Balaban J connectivity index is 0.000000167. The lowest BCUT2D eigenvalue weighted by atomic mass is 10.1. The van der Waals surface area contributed by atoms with Gasteiger partial charge in [-0.25, -0.2) is 0 Å². The molecule has 0 aliphatic heterocycles. The minimum atomic E-state index is 0.798. The Labute approximate surface area is 155 Å². The van der Waals surface area contributed by atoms with Gasteiger partial charge >= 0.3 is 0 Å². The van der Waals surface area contributed by atoms with Crippen LogP contribution in [0.15, 0.2) is 60.9 Å². The van der Waals surface area contributed by atoms with Crippen LogP contribution in [0.1, 0.15) is 0 Å². The molecule has 0 radical (unpaired) electrons. The summed E-state index contributed by atoms with van der Waals surface area (Å²) in [6.07, 6.45) is 3.45. The molecule has 0 amide bonds. The van der Waals surface area contributed by atoms with Gasteiger partial charge in [-0.3, -0.25) is 9.97 Å². The molecule has 7 nitrogen and oxygen atoms in total. The number of hydrogen-bond donors (Lipinski definition) is 1. The Morgan fingerprint density at radius 3 is 1.59 bits per heavy atom. The molecule has 7 heteroatoms. The molecule has 2 aromatic carbocycles. The van der Waals surface area contributed by atoms with E-state index in [1.54, 1.807) is 26.6 Å². The normalized spacial score (nSPS) is 10.6. The molecular formula is C20H17N5O2. The van der Waals surface area contributed by atoms with Gasteiger partial charge in [-0.05, 0) is 36.4 Å². The lowest BCUT2D eigenvalue weighted by molar-refractivity contribution is 0.419. The van der Waals surface area contributed by atoms with E-state index in [-0.39, 0.29) is 0 Å². The quantitative estimate of drug-likeness (QED) is 0.483. The van der Waals surface area contributed by atoms with E-state index in [9.17, 15) is 0 Å². The third-order valence-electron chi connectivity index (χ3n) is 4.20. The highest BCUT2D eigenvalue weighted by atomic mass is 16.5. The number of fused-ring (bicyclic) bond motifs is 4. The highest BCUT2D eigenvalue weighted by molar-refractivity contribution is 6.06. The highest BCUT2D eigenvalue weighted by Gasteiger charge is 2.09. The molecule has 0 saturated carbocycles. The van der Waals surface area contributed by atoms with Crippen LogP contribution in [0.5, 0.6) is 11.5 Å². The smallest absolute Gasteiger partial charge is 0.129 e.